The molecule has 15 heavy (non-hydrogen) atoms. The predicted molar refractivity (Wildman–Crippen MR) is 65.8 cm³/mol. The van der Waals surface area contributed by atoms with Gasteiger partial charge in [-0.3, -0.25) is 5.10 Å². The lowest BCUT2D eigenvalue weighted by atomic mass is 10.1. The molecule has 2 aromatic rings. The molecule has 1 aromatic carbocycles. The van der Waals surface area contributed by atoms with Crippen molar-refractivity contribution in [3.8, 4) is 11.3 Å². The van der Waals surface area contributed by atoms with Crippen molar-refractivity contribution in [1.82, 2.24) is 10.2 Å². The van der Waals surface area contributed by atoms with E-state index in [0.29, 0.717) is 5.82 Å². The van der Waals surface area contributed by atoms with Crippen LogP contribution in [0.3, 0.4) is 0 Å². The van der Waals surface area contributed by atoms with Crippen LogP contribution in [0, 0.1) is 16.3 Å². The van der Waals surface area contributed by atoms with Gasteiger partial charge < -0.3 is 5.73 Å². The molecule has 3 nitrogen and oxygen atoms in total. The summed E-state index contributed by atoms with van der Waals surface area (Å²) in [6.45, 7) is 1.88. The van der Waals surface area contributed by atoms with Crippen LogP contribution in [0.2, 0.25) is 0 Å². The number of aromatic amines is 1. The van der Waals surface area contributed by atoms with Gasteiger partial charge in [0.05, 0.1) is 5.69 Å². The molecule has 0 aliphatic rings. The van der Waals surface area contributed by atoms with Crippen molar-refractivity contribution in [3.05, 3.63) is 33.1 Å². The molecule has 0 amide bonds. The molecule has 0 aliphatic carbocycles. The zero-order valence-electron chi connectivity index (χ0n) is 8.01. The molecule has 5 heteroatoms. The molecular formula is C10H9FIN3. The standard InChI is InChI=1S/C10H9FIN3/c1-5-9(14-15-10(5)13)7-3-2-6(11)4-8(7)12/h2-4H,1H3,(H3,13,14,15). The van der Waals surface area contributed by atoms with Gasteiger partial charge >= 0.3 is 0 Å². The molecule has 0 spiro atoms. The average molecular weight is 317 g/mol. The second kappa shape index (κ2) is 3.80. The van der Waals surface area contributed by atoms with Gasteiger partial charge in [0.15, 0.2) is 0 Å². The largest absolute Gasteiger partial charge is 0.382 e. The van der Waals surface area contributed by atoms with Crippen molar-refractivity contribution in [3.63, 3.8) is 0 Å². The number of nitrogens with zero attached hydrogens (tertiary/aromatic N) is 1. The number of hydrogen-bond acceptors (Lipinski definition) is 2. The first kappa shape index (κ1) is 10.4. The van der Waals surface area contributed by atoms with E-state index in [1.807, 2.05) is 6.92 Å². The van der Waals surface area contributed by atoms with Crippen LogP contribution < -0.4 is 5.73 Å². The summed E-state index contributed by atoms with van der Waals surface area (Å²) in [5, 5.41) is 6.76. The fourth-order valence-electron chi connectivity index (χ4n) is 1.37. The Kier molecular flexibility index (Phi) is 2.64. The van der Waals surface area contributed by atoms with E-state index in [1.54, 1.807) is 6.07 Å². The molecule has 0 atom stereocenters. The summed E-state index contributed by atoms with van der Waals surface area (Å²) >= 11 is 2.09. The summed E-state index contributed by atoms with van der Waals surface area (Å²) < 4.78 is 13.7. The maximum atomic E-state index is 12.9. The molecular weight excluding hydrogens is 308 g/mol. The zero-order valence-corrected chi connectivity index (χ0v) is 10.2. The SMILES string of the molecule is Cc1c(N)n[nH]c1-c1ccc(F)cc1I. The van der Waals surface area contributed by atoms with Crippen LogP contribution in [-0.4, -0.2) is 10.2 Å². The van der Waals surface area contributed by atoms with Crippen LogP contribution >= 0.6 is 22.6 Å². The Labute approximate surface area is 100 Å². The maximum Gasteiger partial charge on any atom is 0.148 e. The third-order valence-corrected chi connectivity index (χ3v) is 3.14. The number of halogens is 2. The number of nitrogen functional groups attached to an aromatic ring is 1. The molecule has 2 rings (SSSR count). The Morgan fingerprint density at radius 2 is 2.20 bits per heavy atom. The van der Waals surface area contributed by atoms with Gasteiger partial charge in [-0.15, -0.1) is 0 Å². The second-order valence-electron chi connectivity index (χ2n) is 3.23. The van der Waals surface area contributed by atoms with Crippen molar-refractivity contribution < 1.29 is 4.39 Å². The second-order valence-corrected chi connectivity index (χ2v) is 4.40. The van der Waals surface area contributed by atoms with Crippen LogP contribution in [0.4, 0.5) is 10.2 Å². The van der Waals surface area contributed by atoms with Gasteiger partial charge in [-0.1, -0.05) is 0 Å². The van der Waals surface area contributed by atoms with Crippen LogP contribution in [0.1, 0.15) is 5.56 Å². The van der Waals surface area contributed by atoms with E-state index < -0.39 is 0 Å². The van der Waals surface area contributed by atoms with Gasteiger partial charge in [0, 0.05) is 14.7 Å². The Morgan fingerprint density at radius 3 is 2.73 bits per heavy atom. The molecule has 0 saturated heterocycles. The Bertz CT molecular complexity index is 507. The minimum atomic E-state index is -0.242. The minimum absolute atomic E-state index is 0.242. The monoisotopic (exact) mass is 317 g/mol. The highest BCUT2D eigenvalue weighted by Crippen LogP contribution is 2.28. The number of H-pyrrole nitrogens is 1. The van der Waals surface area contributed by atoms with Gasteiger partial charge in [0.2, 0.25) is 0 Å². The molecule has 0 bridgehead atoms. The number of nitrogens with two attached hydrogens (primary N) is 1. The Balaban J connectivity index is 2.59. The van der Waals surface area contributed by atoms with Gasteiger partial charge in [0.25, 0.3) is 0 Å². The molecule has 3 N–H and O–H groups in total. The lowest BCUT2D eigenvalue weighted by molar-refractivity contribution is 0.627. The molecule has 0 aliphatic heterocycles. The first-order valence-corrected chi connectivity index (χ1v) is 5.43. The normalized spacial score (nSPS) is 10.6. The van der Waals surface area contributed by atoms with Gasteiger partial charge in [-0.2, -0.15) is 5.10 Å². The minimum Gasteiger partial charge on any atom is -0.382 e. The van der Waals surface area contributed by atoms with Crippen molar-refractivity contribution in [2.24, 2.45) is 0 Å². The molecule has 1 aromatic heterocycles. The van der Waals surface area contributed by atoms with Crippen molar-refractivity contribution in [2.75, 3.05) is 5.73 Å². The van der Waals surface area contributed by atoms with Gasteiger partial charge in [0.1, 0.15) is 11.6 Å². The van der Waals surface area contributed by atoms with Crippen LogP contribution in [0.25, 0.3) is 11.3 Å². The number of nitrogens with one attached hydrogen (secondary N) is 1. The maximum absolute atomic E-state index is 12.9. The quantitative estimate of drug-likeness (QED) is 0.795. The van der Waals surface area contributed by atoms with Crippen LogP contribution in [0.5, 0.6) is 0 Å². The molecule has 78 valence electrons. The third kappa shape index (κ3) is 1.83. The average Bonchev–Trinajstić information content (AvgIpc) is 2.49. The lowest BCUT2D eigenvalue weighted by Crippen LogP contribution is -1.88. The Hall–Kier alpha value is -1.11. The fraction of sp³-hybridized carbons (Fsp3) is 0.100. The number of aromatic nitrogens is 2. The number of benzene rings is 1. The van der Waals surface area contributed by atoms with E-state index in [9.17, 15) is 4.39 Å². The topological polar surface area (TPSA) is 54.7 Å². The summed E-state index contributed by atoms with van der Waals surface area (Å²) in [4.78, 5) is 0. The van der Waals surface area contributed by atoms with E-state index in [0.717, 1.165) is 20.4 Å². The number of rotatable bonds is 1. The molecule has 0 saturated carbocycles. The van der Waals surface area contributed by atoms with Crippen LogP contribution in [0.15, 0.2) is 18.2 Å². The molecule has 1 heterocycles. The van der Waals surface area contributed by atoms with E-state index in [2.05, 4.69) is 32.8 Å². The molecule has 0 fully saturated rings. The smallest absolute Gasteiger partial charge is 0.148 e. The summed E-state index contributed by atoms with van der Waals surface area (Å²) in [6.07, 6.45) is 0. The highest BCUT2D eigenvalue weighted by Gasteiger charge is 2.11. The highest BCUT2D eigenvalue weighted by atomic mass is 127. The van der Waals surface area contributed by atoms with Crippen molar-refractivity contribution in [1.29, 1.82) is 0 Å². The zero-order chi connectivity index (χ0) is 11.0. The fourth-order valence-corrected chi connectivity index (χ4v) is 2.11. The first-order chi connectivity index (χ1) is 7.09. The Morgan fingerprint density at radius 1 is 1.47 bits per heavy atom. The summed E-state index contributed by atoms with van der Waals surface area (Å²) in [6, 6.07) is 4.62. The van der Waals surface area contributed by atoms with E-state index >= 15 is 0 Å². The van der Waals surface area contributed by atoms with Crippen molar-refractivity contribution in [2.45, 2.75) is 6.92 Å². The van der Waals surface area contributed by atoms with Gasteiger partial charge in [-0.05, 0) is 47.7 Å². The lowest BCUT2D eigenvalue weighted by Gasteiger charge is -2.03. The van der Waals surface area contributed by atoms with Gasteiger partial charge in [-0.25, -0.2) is 4.39 Å². The van der Waals surface area contributed by atoms with E-state index in [-0.39, 0.29) is 5.82 Å². The van der Waals surface area contributed by atoms with E-state index in [1.165, 1.54) is 12.1 Å². The molecule has 0 unspecified atom stereocenters. The highest BCUT2D eigenvalue weighted by molar-refractivity contribution is 14.1. The summed E-state index contributed by atoms with van der Waals surface area (Å²) in [5.74, 6) is 0.235. The van der Waals surface area contributed by atoms with Crippen molar-refractivity contribution >= 4 is 28.4 Å². The first-order valence-electron chi connectivity index (χ1n) is 4.35. The van der Waals surface area contributed by atoms with E-state index in [4.69, 9.17) is 5.73 Å². The third-order valence-electron chi connectivity index (χ3n) is 2.25. The summed E-state index contributed by atoms with van der Waals surface area (Å²) in [5.41, 5.74) is 8.29. The number of anilines is 1. The van der Waals surface area contributed by atoms with Crippen LogP contribution in [-0.2, 0) is 0 Å². The predicted octanol–water partition coefficient (Wildman–Crippen LogP) is 2.71. The summed E-state index contributed by atoms with van der Waals surface area (Å²) in [7, 11) is 0. The number of hydrogen-bond donors (Lipinski definition) is 2. The molecule has 0 radical (unpaired) electrons.